The van der Waals surface area contributed by atoms with Gasteiger partial charge < -0.3 is 11.1 Å². The number of carbonyl (C=O) groups excluding carboxylic acids is 1. The number of amides is 1. The Balaban J connectivity index is 2.62. The van der Waals surface area contributed by atoms with Crippen LogP contribution in [0.4, 0.5) is 5.69 Å². The van der Waals surface area contributed by atoms with Crippen LogP contribution in [0.3, 0.4) is 0 Å². The van der Waals surface area contributed by atoms with Gasteiger partial charge in [-0.1, -0.05) is 0 Å². The van der Waals surface area contributed by atoms with Gasteiger partial charge in [-0.25, -0.2) is 0 Å². The van der Waals surface area contributed by atoms with Crippen molar-refractivity contribution >= 4 is 22.4 Å². The molecule has 1 heterocycles. The molecule has 1 aromatic rings. The molecule has 0 aliphatic rings. The molecule has 1 aromatic heterocycles. The average Bonchev–Trinajstić information content (AvgIpc) is 2.16. The summed E-state index contributed by atoms with van der Waals surface area (Å²) < 4.78 is 11.0. The molecule has 2 unspecified atom stereocenters. The number of nitrogens with two attached hydrogens (primary N) is 1. The molecule has 5 nitrogen and oxygen atoms in total. The summed E-state index contributed by atoms with van der Waals surface area (Å²) >= 11 is 0. The van der Waals surface area contributed by atoms with Crippen LogP contribution in [0.1, 0.15) is 17.4 Å². The lowest BCUT2D eigenvalue weighted by atomic mass is 10.3. The van der Waals surface area contributed by atoms with Gasteiger partial charge in [-0.3, -0.25) is 14.0 Å². The molecular formula is C10H15N3O2S. The zero-order chi connectivity index (χ0) is 12.1. The zero-order valence-electron chi connectivity index (χ0n) is 9.27. The summed E-state index contributed by atoms with van der Waals surface area (Å²) in [5.41, 5.74) is 6.30. The van der Waals surface area contributed by atoms with E-state index in [1.807, 2.05) is 0 Å². The first kappa shape index (κ1) is 12.6. The van der Waals surface area contributed by atoms with Crippen molar-refractivity contribution in [3.8, 4) is 0 Å². The lowest BCUT2D eigenvalue weighted by Gasteiger charge is -2.11. The zero-order valence-corrected chi connectivity index (χ0v) is 10.1. The normalized spacial score (nSPS) is 14.1. The SMILES string of the molecule is CC(CS(C)=O)NC(=O)c1cc(N)ccn1. The van der Waals surface area contributed by atoms with Gasteiger partial charge in [-0.2, -0.15) is 0 Å². The highest BCUT2D eigenvalue weighted by Crippen LogP contribution is 2.03. The predicted molar refractivity (Wildman–Crippen MR) is 64.5 cm³/mol. The van der Waals surface area contributed by atoms with Crippen LogP contribution in [-0.4, -0.2) is 33.2 Å². The van der Waals surface area contributed by atoms with Crippen molar-refractivity contribution in [2.45, 2.75) is 13.0 Å². The van der Waals surface area contributed by atoms with Crippen molar-refractivity contribution in [1.29, 1.82) is 0 Å². The number of aromatic nitrogens is 1. The third-order valence-electron chi connectivity index (χ3n) is 1.88. The quantitative estimate of drug-likeness (QED) is 0.786. The number of anilines is 1. The molecule has 0 aliphatic carbocycles. The van der Waals surface area contributed by atoms with Gasteiger partial charge in [0.05, 0.1) is 0 Å². The topological polar surface area (TPSA) is 85.1 Å². The number of rotatable bonds is 4. The number of pyridine rings is 1. The Labute approximate surface area is 96.9 Å². The summed E-state index contributed by atoms with van der Waals surface area (Å²) in [6, 6.07) is 2.97. The molecule has 1 rings (SSSR count). The van der Waals surface area contributed by atoms with Crippen LogP contribution in [-0.2, 0) is 10.8 Å². The fourth-order valence-electron chi connectivity index (χ4n) is 1.26. The van der Waals surface area contributed by atoms with Crippen molar-refractivity contribution < 1.29 is 9.00 Å². The molecule has 0 radical (unpaired) electrons. The maximum absolute atomic E-state index is 11.7. The highest BCUT2D eigenvalue weighted by molar-refractivity contribution is 7.84. The molecule has 16 heavy (non-hydrogen) atoms. The van der Waals surface area contributed by atoms with Crippen LogP contribution < -0.4 is 11.1 Å². The highest BCUT2D eigenvalue weighted by Gasteiger charge is 2.11. The van der Waals surface area contributed by atoms with Crippen molar-refractivity contribution in [3.05, 3.63) is 24.0 Å². The van der Waals surface area contributed by atoms with Crippen LogP contribution in [0.2, 0.25) is 0 Å². The molecule has 6 heteroatoms. The van der Waals surface area contributed by atoms with E-state index in [2.05, 4.69) is 10.3 Å². The fraction of sp³-hybridized carbons (Fsp3) is 0.400. The van der Waals surface area contributed by atoms with E-state index < -0.39 is 10.8 Å². The second-order valence-corrected chi connectivity index (χ2v) is 5.07. The van der Waals surface area contributed by atoms with Crippen molar-refractivity contribution in [1.82, 2.24) is 10.3 Å². The average molecular weight is 241 g/mol. The maximum atomic E-state index is 11.7. The largest absolute Gasteiger partial charge is 0.399 e. The van der Waals surface area contributed by atoms with E-state index in [-0.39, 0.29) is 17.6 Å². The van der Waals surface area contributed by atoms with Gasteiger partial charge in [0.1, 0.15) is 5.69 Å². The predicted octanol–water partition coefficient (Wildman–Crippen LogP) is 0.161. The van der Waals surface area contributed by atoms with Crippen molar-refractivity contribution in [2.24, 2.45) is 0 Å². The molecule has 1 amide bonds. The van der Waals surface area contributed by atoms with Gasteiger partial charge >= 0.3 is 0 Å². The van der Waals surface area contributed by atoms with Gasteiger partial charge in [0.2, 0.25) is 0 Å². The minimum atomic E-state index is -0.933. The van der Waals surface area contributed by atoms with E-state index in [0.29, 0.717) is 11.4 Å². The van der Waals surface area contributed by atoms with Gasteiger partial charge in [0.25, 0.3) is 5.91 Å². The minimum absolute atomic E-state index is 0.151. The Bertz CT molecular complexity index is 409. The van der Waals surface area contributed by atoms with Crippen LogP contribution in [0, 0.1) is 0 Å². The number of hydrogen-bond donors (Lipinski definition) is 2. The standard InChI is InChI=1S/C10H15N3O2S/c1-7(6-16(2)15)13-10(14)9-5-8(11)3-4-12-9/h3-5,7H,6H2,1-2H3,(H2,11,12)(H,13,14). The smallest absolute Gasteiger partial charge is 0.270 e. The summed E-state index contributed by atoms with van der Waals surface area (Å²) in [7, 11) is -0.933. The first-order valence-electron chi connectivity index (χ1n) is 4.81. The van der Waals surface area contributed by atoms with Gasteiger partial charge in [0.15, 0.2) is 0 Å². The molecular weight excluding hydrogens is 226 g/mol. The molecule has 0 saturated heterocycles. The molecule has 0 aliphatic heterocycles. The summed E-state index contributed by atoms with van der Waals surface area (Å²) in [5, 5.41) is 2.70. The van der Waals surface area contributed by atoms with Crippen LogP contribution >= 0.6 is 0 Å². The van der Waals surface area contributed by atoms with Crippen LogP contribution in [0.25, 0.3) is 0 Å². The lowest BCUT2D eigenvalue weighted by molar-refractivity contribution is 0.0938. The van der Waals surface area contributed by atoms with Crippen molar-refractivity contribution in [2.75, 3.05) is 17.7 Å². The van der Waals surface area contributed by atoms with Gasteiger partial charge in [-0.15, -0.1) is 0 Å². The summed E-state index contributed by atoms with van der Waals surface area (Å²) in [6.45, 7) is 1.80. The Kier molecular flexibility index (Phi) is 4.42. The highest BCUT2D eigenvalue weighted by atomic mass is 32.2. The lowest BCUT2D eigenvalue weighted by Crippen LogP contribution is -2.36. The molecule has 0 bridgehead atoms. The molecule has 88 valence electrons. The second kappa shape index (κ2) is 5.60. The Morgan fingerprint density at radius 2 is 2.38 bits per heavy atom. The molecule has 0 spiro atoms. The summed E-state index contributed by atoms with van der Waals surface area (Å²) in [4.78, 5) is 15.6. The Morgan fingerprint density at radius 1 is 1.69 bits per heavy atom. The Morgan fingerprint density at radius 3 is 2.94 bits per heavy atom. The van der Waals surface area contributed by atoms with Crippen LogP contribution in [0.5, 0.6) is 0 Å². The second-order valence-electron chi connectivity index (χ2n) is 3.59. The van der Waals surface area contributed by atoms with E-state index >= 15 is 0 Å². The Hall–Kier alpha value is -1.43. The van der Waals surface area contributed by atoms with E-state index in [9.17, 15) is 9.00 Å². The van der Waals surface area contributed by atoms with Crippen molar-refractivity contribution in [3.63, 3.8) is 0 Å². The molecule has 0 fully saturated rings. The third kappa shape index (κ3) is 3.98. The maximum Gasteiger partial charge on any atom is 0.270 e. The van der Waals surface area contributed by atoms with E-state index in [0.717, 1.165) is 0 Å². The molecule has 0 saturated carbocycles. The van der Waals surface area contributed by atoms with E-state index in [4.69, 9.17) is 5.73 Å². The first-order valence-corrected chi connectivity index (χ1v) is 6.54. The minimum Gasteiger partial charge on any atom is -0.399 e. The number of nitrogens with one attached hydrogen (secondary N) is 1. The number of nitrogen functional groups attached to an aromatic ring is 1. The van der Waals surface area contributed by atoms with Gasteiger partial charge in [-0.05, 0) is 19.1 Å². The third-order valence-corrected chi connectivity index (χ3v) is 2.85. The van der Waals surface area contributed by atoms with Gasteiger partial charge in [0, 0.05) is 40.7 Å². The first-order chi connectivity index (χ1) is 7.49. The number of nitrogens with zero attached hydrogens (tertiary/aromatic N) is 1. The van der Waals surface area contributed by atoms with Crippen LogP contribution in [0.15, 0.2) is 18.3 Å². The number of carbonyl (C=O) groups is 1. The molecule has 0 aromatic carbocycles. The monoisotopic (exact) mass is 241 g/mol. The summed E-state index contributed by atoms with van der Waals surface area (Å²) in [5.74, 6) is 0.124. The molecule has 2 atom stereocenters. The van der Waals surface area contributed by atoms with E-state index in [1.165, 1.54) is 12.3 Å². The molecule has 3 N–H and O–H groups in total. The van der Waals surface area contributed by atoms with E-state index in [1.54, 1.807) is 19.2 Å². The fourth-order valence-corrected chi connectivity index (χ4v) is 2.05. The number of hydrogen-bond acceptors (Lipinski definition) is 4. The summed E-state index contributed by atoms with van der Waals surface area (Å²) in [6.07, 6.45) is 3.08.